The number of hydrogen-bond donors (Lipinski definition) is 1. The van der Waals surface area contributed by atoms with E-state index in [2.05, 4.69) is 10.3 Å². The number of benzene rings is 1. The molecule has 7 heteroatoms. The average Bonchev–Trinajstić information content (AvgIpc) is 3.00. The third-order valence-corrected chi connectivity index (χ3v) is 3.63. The summed E-state index contributed by atoms with van der Waals surface area (Å²) in [7, 11) is 0. The third-order valence-electron chi connectivity index (χ3n) is 3.63. The Kier molecular flexibility index (Phi) is 5.46. The Morgan fingerprint density at radius 1 is 1.30 bits per heavy atom. The summed E-state index contributed by atoms with van der Waals surface area (Å²) >= 11 is 0. The summed E-state index contributed by atoms with van der Waals surface area (Å²) in [5.41, 5.74) is 1.20. The Balaban J connectivity index is 2.14. The topological polar surface area (TPSA) is 88.3 Å². The zero-order valence-corrected chi connectivity index (χ0v) is 13.2. The van der Waals surface area contributed by atoms with Crippen molar-refractivity contribution in [2.45, 2.75) is 32.9 Å². The molecule has 1 N–H and O–H groups in total. The van der Waals surface area contributed by atoms with Crippen molar-refractivity contribution in [2.75, 3.05) is 6.54 Å². The van der Waals surface area contributed by atoms with E-state index in [4.69, 9.17) is 5.11 Å². The van der Waals surface area contributed by atoms with Crippen molar-refractivity contribution >= 4 is 11.9 Å². The van der Waals surface area contributed by atoms with Gasteiger partial charge in [0.05, 0.1) is 12.7 Å². The lowest BCUT2D eigenvalue weighted by molar-refractivity contribution is -0.138. The molecule has 1 amide bonds. The summed E-state index contributed by atoms with van der Waals surface area (Å²) in [5.74, 6) is -1.46. The first kappa shape index (κ1) is 16.7. The number of carbonyl (C=O) groups is 2. The normalized spacial score (nSPS) is 11.9. The summed E-state index contributed by atoms with van der Waals surface area (Å²) < 4.78 is 1.57. The van der Waals surface area contributed by atoms with E-state index in [-0.39, 0.29) is 18.3 Å². The van der Waals surface area contributed by atoms with Gasteiger partial charge in [0.2, 0.25) is 0 Å². The lowest BCUT2D eigenvalue weighted by Gasteiger charge is -2.25. The van der Waals surface area contributed by atoms with E-state index in [9.17, 15) is 9.59 Å². The van der Waals surface area contributed by atoms with Crippen molar-refractivity contribution in [3.8, 4) is 0 Å². The number of rotatable bonds is 7. The molecular formula is C16H20N4O3. The molecule has 2 rings (SSSR count). The van der Waals surface area contributed by atoms with Gasteiger partial charge < -0.3 is 10.0 Å². The van der Waals surface area contributed by atoms with Gasteiger partial charge in [-0.05, 0) is 18.9 Å². The Morgan fingerprint density at radius 2 is 2.00 bits per heavy atom. The lowest BCUT2D eigenvalue weighted by atomic mass is 10.2. The third kappa shape index (κ3) is 4.38. The van der Waals surface area contributed by atoms with E-state index in [0.717, 1.165) is 5.56 Å². The van der Waals surface area contributed by atoms with Crippen molar-refractivity contribution in [3.05, 3.63) is 47.8 Å². The molecule has 0 saturated heterocycles. The summed E-state index contributed by atoms with van der Waals surface area (Å²) in [4.78, 5) is 24.8. The van der Waals surface area contributed by atoms with Gasteiger partial charge in [-0.2, -0.15) is 0 Å². The molecule has 0 bridgehead atoms. The van der Waals surface area contributed by atoms with Crippen LogP contribution in [-0.4, -0.2) is 49.5 Å². The number of aliphatic carboxylic acids is 1. The first-order valence-corrected chi connectivity index (χ1v) is 7.48. The fraction of sp³-hybridized carbons (Fsp3) is 0.375. The van der Waals surface area contributed by atoms with Crippen LogP contribution < -0.4 is 0 Å². The SMILES string of the molecule is CCC(C)N(CC(=O)O)C(=O)c1cn(Cc2ccccc2)nn1. The van der Waals surface area contributed by atoms with Crippen LogP contribution in [0.25, 0.3) is 0 Å². The largest absolute Gasteiger partial charge is 0.480 e. The van der Waals surface area contributed by atoms with Crippen LogP contribution in [0.15, 0.2) is 36.5 Å². The summed E-state index contributed by atoms with van der Waals surface area (Å²) in [6, 6.07) is 9.51. The Hall–Kier alpha value is -2.70. The maximum absolute atomic E-state index is 12.5. The van der Waals surface area contributed by atoms with Gasteiger partial charge in [-0.25, -0.2) is 4.68 Å². The van der Waals surface area contributed by atoms with Gasteiger partial charge in [0.25, 0.3) is 5.91 Å². The molecule has 1 atom stereocenters. The number of aromatic nitrogens is 3. The molecule has 1 aromatic carbocycles. The quantitative estimate of drug-likeness (QED) is 0.839. The number of amides is 1. The van der Waals surface area contributed by atoms with Crippen LogP contribution in [-0.2, 0) is 11.3 Å². The standard InChI is InChI=1S/C16H20N4O3/c1-3-12(2)20(11-15(21)22)16(23)14-10-19(18-17-14)9-13-7-5-4-6-8-13/h4-8,10,12H,3,9,11H2,1-2H3,(H,21,22). The second kappa shape index (κ2) is 7.53. The molecule has 2 aromatic rings. The van der Waals surface area contributed by atoms with Crippen molar-refractivity contribution in [1.82, 2.24) is 19.9 Å². The zero-order chi connectivity index (χ0) is 16.8. The predicted molar refractivity (Wildman–Crippen MR) is 84.0 cm³/mol. The molecule has 1 aromatic heterocycles. The molecule has 0 spiro atoms. The van der Waals surface area contributed by atoms with E-state index in [1.807, 2.05) is 44.2 Å². The van der Waals surface area contributed by atoms with Gasteiger partial charge in [-0.3, -0.25) is 9.59 Å². The minimum atomic E-state index is -1.05. The Labute approximate surface area is 134 Å². The zero-order valence-electron chi connectivity index (χ0n) is 13.2. The number of nitrogens with zero attached hydrogens (tertiary/aromatic N) is 4. The highest BCUT2D eigenvalue weighted by Crippen LogP contribution is 2.09. The van der Waals surface area contributed by atoms with Crippen LogP contribution in [0.3, 0.4) is 0 Å². The Morgan fingerprint density at radius 3 is 2.61 bits per heavy atom. The molecule has 0 aliphatic heterocycles. The second-order valence-corrected chi connectivity index (χ2v) is 5.37. The van der Waals surface area contributed by atoms with Crippen molar-refractivity contribution in [2.24, 2.45) is 0 Å². The van der Waals surface area contributed by atoms with E-state index in [1.54, 1.807) is 10.9 Å². The molecule has 0 radical (unpaired) electrons. The number of carbonyl (C=O) groups excluding carboxylic acids is 1. The van der Waals surface area contributed by atoms with Gasteiger partial charge >= 0.3 is 5.97 Å². The Bertz CT molecular complexity index is 669. The molecule has 0 aliphatic rings. The smallest absolute Gasteiger partial charge is 0.323 e. The van der Waals surface area contributed by atoms with Crippen LogP contribution in [0.2, 0.25) is 0 Å². The molecule has 1 unspecified atom stereocenters. The molecule has 0 saturated carbocycles. The van der Waals surface area contributed by atoms with Gasteiger partial charge in [0.15, 0.2) is 5.69 Å². The first-order chi connectivity index (χ1) is 11.0. The molecule has 122 valence electrons. The highest BCUT2D eigenvalue weighted by Gasteiger charge is 2.25. The van der Waals surface area contributed by atoms with Gasteiger partial charge in [0, 0.05) is 6.04 Å². The van der Waals surface area contributed by atoms with Gasteiger partial charge in [0.1, 0.15) is 6.54 Å². The summed E-state index contributed by atoms with van der Waals surface area (Å²) in [6.07, 6.45) is 2.21. The van der Waals surface area contributed by atoms with Crippen molar-refractivity contribution < 1.29 is 14.7 Å². The summed E-state index contributed by atoms with van der Waals surface area (Å²) in [5, 5.41) is 16.8. The monoisotopic (exact) mass is 316 g/mol. The average molecular weight is 316 g/mol. The highest BCUT2D eigenvalue weighted by molar-refractivity contribution is 5.94. The molecule has 0 aliphatic carbocycles. The fourth-order valence-corrected chi connectivity index (χ4v) is 2.19. The maximum atomic E-state index is 12.5. The maximum Gasteiger partial charge on any atom is 0.323 e. The summed E-state index contributed by atoms with van der Waals surface area (Å²) in [6.45, 7) is 3.87. The minimum Gasteiger partial charge on any atom is -0.480 e. The molecule has 23 heavy (non-hydrogen) atoms. The van der Waals surface area contributed by atoms with Crippen molar-refractivity contribution in [3.63, 3.8) is 0 Å². The predicted octanol–water partition coefficient (Wildman–Crippen LogP) is 1.65. The van der Waals surface area contributed by atoms with E-state index >= 15 is 0 Å². The van der Waals surface area contributed by atoms with Crippen LogP contribution in [0.4, 0.5) is 0 Å². The highest BCUT2D eigenvalue weighted by atomic mass is 16.4. The molecule has 1 heterocycles. The number of carboxylic acid groups (broad SMARTS) is 1. The fourth-order valence-electron chi connectivity index (χ4n) is 2.19. The van der Waals surface area contributed by atoms with Crippen LogP contribution in [0.1, 0.15) is 36.3 Å². The van der Waals surface area contributed by atoms with Gasteiger partial charge in [-0.1, -0.05) is 42.5 Å². The molecule has 0 fully saturated rings. The first-order valence-electron chi connectivity index (χ1n) is 7.48. The van der Waals surface area contributed by atoms with Gasteiger partial charge in [-0.15, -0.1) is 5.10 Å². The lowest BCUT2D eigenvalue weighted by Crippen LogP contribution is -2.42. The molecule has 7 nitrogen and oxygen atoms in total. The van der Waals surface area contributed by atoms with Crippen LogP contribution in [0.5, 0.6) is 0 Å². The number of hydrogen-bond acceptors (Lipinski definition) is 4. The van der Waals surface area contributed by atoms with Crippen LogP contribution in [0, 0.1) is 0 Å². The van der Waals surface area contributed by atoms with E-state index in [0.29, 0.717) is 13.0 Å². The second-order valence-electron chi connectivity index (χ2n) is 5.37. The van der Waals surface area contributed by atoms with E-state index < -0.39 is 11.9 Å². The minimum absolute atomic E-state index is 0.155. The van der Waals surface area contributed by atoms with Crippen LogP contribution >= 0.6 is 0 Å². The molecular weight excluding hydrogens is 296 g/mol. The number of carboxylic acids is 1. The van der Waals surface area contributed by atoms with Crippen molar-refractivity contribution in [1.29, 1.82) is 0 Å². The van der Waals surface area contributed by atoms with E-state index in [1.165, 1.54) is 4.90 Å².